The van der Waals surface area contributed by atoms with E-state index in [-0.39, 0.29) is 21.8 Å². The number of nitrogens with one attached hydrogen (secondary N) is 1. The van der Waals surface area contributed by atoms with Gasteiger partial charge in [-0.25, -0.2) is 8.42 Å². The molecule has 0 saturated carbocycles. The van der Waals surface area contributed by atoms with Gasteiger partial charge >= 0.3 is 0 Å². The molecule has 28 heavy (non-hydrogen) atoms. The fraction of sp³-hybridized carbons (Fsp3) is 0.105. The van der Waals surface area contributed by atoms with Crippen molar-refractivity contribution in [1.29, 1.82) is 5.26 Å². The summed E-state index contributed by atoms with van der Waals surface area (Å²) in [5.74, 6) is -0.634. The van der Waals surface area contributed by atoms with E-state index >= 15 is 0 Å². The van der Waals surface area contributed by atoms with Crippen molar-refractivity contribution < 1.29 is 13.2 Å². The SMILES string of the molecule is Cc1ccc(NS(=O)(=O)c2ccc(C(=O)n3ncc(C#N)c3N)cc2)cc1C. The molecule has 0 spiro atoms. The Kier molecular flexibility index (Phi) is 4.90. The summed E-state index contributed by atoms with van der Waals surface area (Å²) in [5, 5.41) is 12.7. The minimum atomic E-state index is -3.81. The van der Waals surface area contributed by atoms with Crippen molar-refractivity contribution in [3.63, 3.8) is 0 Å². The van der Waals surface area contributed by atoms with Gasteiger partial charge in [0.15, 0.2) is 0 Å². The first-order valence-electron chi connectivity index (χ1n) is 8.21. The minimum absolute atomic E-state index is 0.00780. The number of sulfonamides is 1. The molecule has 8 nitrogen and oxygen atoms in total. The average molecular weight is 395 g/mol. The Hall–Kier alpha value is -3.64. The predicted molar refractivity (Wildman–Crippen MR) is 104 cm³/mol. The monoisotopic (exact) mass is 395 g/mol. The van der Waals surface area contributed by atoms with Gasteiger partial charge in [-0.15, -0.1) is 0 Å². The highest BCUT2D eigenvalue weighted by Gasteiger charge is 2.18. The Labute approximate surface area is 162 Å². The van der Waals surface area contributed by atoms with Crippen molar-refractivity contribution in [3.05, 3.63) is 70.9 Å². The quantitative estimate of drug-likeness (QED) is 0.697. The molecule has 0 atom stereocenters. The zero-order chi connectivity index (χ0) is 20.5. The van der Waals surface area contributed by atoms with Gasteiger partial charge < -0.3 is 5.73 Å². The molecule has 3 N–H and O–H groups in total. The van der Waals surface area contributed by atoms with Crippen LogP contribution in [-0.2, 0) is 10.0 Å². The van der Waals surface area contributed by atoms with Gasteiger partial charge in [0.1, 0.15) is 17.5 Å². The summed E-state index contributed by atoms with van der Waals surface area (Å²) in [6.45, 7) is 3.83. The number of rotatable bonds is 4. The summed E-state index contributed by atoms with van der Waals surface area (Å²) >= 11 is 0. The van der Waals surface area contributed by atoms with Crippen molar-refractivity contribution in [3.8, 4) is 6.07 Å². The number of anilines is 2. The lowest BCUT2D eigenvalue weighted by Gasteiger charge is -2.10. The van der Waals surface area contributed by atoms with Crippen LogP contribution in [0.5, 0.6) is 0 Å². The molecular formula is C19H17N5O3S. The van der Waals surface area contributed by atoms with E-state index in [2.05, 4.69) is 9.82 Å². The Morgan fingerprint density at radius 2 is 1.82 bits per heavy atom. The van der Waals surface area contributed by atoms with Crippen LogP contribution >= 0.6 is 0 Å². The number of nitrogens with two attached hydrogens (primary N) is 1. The van der Waals surface area contributed by atoms with E-state index in [1.807, 2.05) is 26.0 Å². The molecule has 0 bridgehead atoms. The number of nitriles is 1. The summed E-state index contributed by atoms with van der Waals surface area (Å²) in [7, 11) is -3.81. The number of nitrogens with zero attached hydrogens (tertiary/aromatic N) is 3. The van der Waals surface area contributed by atoms with E-state index in [0.717, 1.165) is 15.8 Å². The normalized spacial score (nSPS) is 11.0. The van der Waals surface area contributed by atoms with Crippen molar-refractivity contribution >= 4 is 27.4 Å². The molecule has 0 fully saturated rings. The highest BCUT2D eigenvalue weighted by Crippen LogP contribution is 2.20. The Balaban J connectivity index is 1.84. The zero-order valence-corrected chi connectivity index (χ0v) is 16.0. The Bertz CT molecular complexity index is 1210. The number of carbonyl (C=O) groups excluding carboxylic acids is 1. The summed E-state index contributed by atoms with van der Waals surface area (Å²) < 4.78 is 28.6. The van der Waals surface area contributed by atoms with Gasteiger partial charge in [0.05, 0.1) is 11.1 Å². The topological polar surface area (TPSA) is 131 Å². The number of benzene rings is 2. The fourth-order valence-electron chi connectivity index (χ4n) is 2.52. The number of aromatic nitrogens is 2. The van der Waals surface area contributed by atoms with Gasteiger partial charge in [0.25, 0.3) is 15.9 Å². The largest absolute Gasteiger partial charge is 0.382 e. The molecular weight excluding hydrogens is 378 g/mol. The Morgan fingerprint density at radius 1 is 1.14 bits per heavy atom. The van der Waals surface area contributed by atoms with Crippen LogP contribution in [0.4, 0.5) is 11.5 Å². The number of nitrogen functional groups attached to an aromatic ring is 1. The number of hydrogen-bond donors (Lipinski definition) is 2. The number of hydrogen-bond acceptors (Lipinski definition) is 6. The Morgan fingerprint density at radius 3 is 2.39 bits per heavy atom. The van der Waals surface area contributed by atoms with Crippen LogP contribution in [0.15, 0.2) is 53.6 Å². The van der Waals surface area contributed by atoms with Gasteiger partial charge in [-0.1, -0.05) is 6.07 Å². The summed E-state index contributed by atoms with van der Waals surface area (Å²) in [6, 6.07) is 12.5. The first kappa shape index (κ1) is 19.1. The van der Waals surface area contributed by atoms with Crippen LogP contribution in [0.25, 0.3) is 0 Å². The maximum atomic E-state index is 12.6. The van der Waals surface area contributed by atoms with Crippen molar-refractivity contribution in [2.75, 3.05) is 10.5 Å². The molecule has 9 heteroatoms. The predicted octanol–water partition coefficient (Wildman–Crippen LogP) is 2.44. The third-order valence-corrected chi connectivity index (χ3v) is 5.69. The van der Waals surface area contributed by atoms with Crippen LogP contribution in [-0.4, -0.2) is 24.1 Å². The van der Waals surface area contributed by atoms with Crippen molar-refractivity contribution in [2.45, 2.75) is 18.7 Å². The molecule has 0 amide bonds. The maximum Gasteiger partial charge on any atom is 0.280 e. The van der Waals surface area contributed by atoms with Gasteiger partial charge in [-0.05, 0) is 61.4 Å². The van der Waals surface area contributed by atoms with E-state index < -0.39 is 15.9 Å². The molecule has 1 aromatic heterocycles. The zero-order valence-electron chi connectivity index (χ0n) is 15.2. The molecule has 0 aliphatic rings. The van der Waals surface area contributed by atoms with Crippen LogP contribution in [0.2, 0.25) is 0 Å². The number of aryl methyl sites for hydroxylation is 2. The molecule has 0 aliphatic heterocycles. The second-order valence-electron chi connectivity index (χ2n) is 6.20. The number of carbonyl (C=O) groups is 1. The van der Waals surface area contributed by atoms with Crippen molar-refractivity contribution in [1.82, 2.24) is 9.78 Å². The first-order valence-corrected chi connectivity index (χ1v) is 9.69. The summed E-state index contributed by atoms with van der Waals surface area (Å²) in [5.41, 5.74) is 8.47. The third-order valence-electron chi connectivity index (χ3n) is 4.29. The van der Waals surface area contributed by atoms with E-state index in [1.54, 1.807) is 12.1 Å². The molecule has 3 rings (SSSR count). The molecule has 0 unspecified atom stereocenters. The molecule has 0 saturated heterocycles. The smallest absolute Gasteiger partial charge is 0.280 e. The lowest BCUT2D eigenvalue weighted by atomic mass is 10.1. The molecule has 3 aromatic rings. The molecule has 142 valence electrons. The van der Waals surface area contributed by atoms with Crippen LogP contribution < -0.4 is 10.5 Å². The van der Waals surface area contributed by atoms with E-state index in [1.165, 1.54) is 30.5 Å². The lowest BCUT2D eigenvalue weighted by Crippen LogP contribution is -2.17. The average Bonchev–Trinajstić information content (AvgIpc) is 3.04. The first-order chi connectivity index (χ1) is 13.2. The van der Waals surface area contributed by atoms with E-state index in [9.17, 15) is 13.2 Å². The van der Waals surface area contributed by atoms with E-state index in [4.69, 9.17) is 11.0 Å². The summed E-state index contributed by atoms with van der Waals surface area (Å²) in [6.07, 6.45) is 1.19. The molecule has 0 radical (unpaired) electrons. The van der Waals surface area contributed by atoms with Crippen LogP contribution in [0.1, 0.15) is 27.0 Å². The molecule has 1 heterocycles. The molecule has 0 aliphatic carbocycles. The second-order valence-corrected chi connectivity index (χ2v) is 7.88. The third kappa shape index (κ3) is 3.58. The van der Waals surface area contributed by atoms with Crippen molar-refractivity contribution in [2.24, 2.45) is 0 Å². The molecule has 2 aromatic carbocycles. The van der Waals surface area contributed by atoms with Gasteiger partial charge in [-0.3, -0.25) is 9.52 Å². The second kappa shape index (κ2) is 7.17. The van der Waals surface area contributed by atoms with Crippen LogP contribution in [0.3, 0.4) is 0 Å². The van der Waals surface area contributed by atoms with Gasteiger partial charge in [0, 0.05) is 11.3 Å². The lowest BCUT2D eigenvalue weighted by molar-refractivity contribution is 0.0948. The standard InChI is InChI=1S/C19H17N5O3S/c1-12-3-6-16(9-13(12)2)23-28(26,27)17-7-4-14(5-8-17)19(25)24-18(21)15(10-20)11-22-24/h3-9,11,23H,21H2,1-2H3. The van der Waals surface area contributed by atoms with Gasteiger partial charge in [0.2, 0.25) is 0 Å². The highest BCUT2D eigenvalue weighted by molar-refractivity contribution is 7.92. The van der Waals surface area contributed by atoms with Crippen LogP contribution in [0, 0.1) is 25.2 Å². The van der Waals surface area contributed by atoms with Gasteiger partial charge in [-0.2, -0.15) is 15.0 Å². The minimum Gasteiger partial charge on any atom is -0.382 e. The summed E-state index contributed by atoms with van der Waals surface area (Å²) in [4.78, 5) is 12.5. The van der Waals surface area contributed by atoms with E-state index in [0.29, 0.717) is 5.69 Å². The highest BCUT2D eigenvalue weighted by atomic mass is 32.2. The fourth-order valence-corrected chi connectivity index (χ4v) is 3.57. The maximum absolute atomic E-state index is 12.6.